The molecule has 0 saturated heterocycles. The van der Waals surface area contributed by atoms with Gasteiger partial charge >= 0.3 is 5.69 Å². The van der Waals surface area contributed by atoms with Gasteiger partial charge in [0.1, 0.15) is 10.6 Å². The van der Waals surface area contributed by atoms with Crippen molar-refractivity contribution in [1.29, 1.82) is 0 Å². The molecule has 1 saturated carbocycles. The average molecular weight is 309 g/mol. The van der Waals surface area contributed by atoms with Gasteiger partial charge in [-0.1, -0.05) is 35.7 Å². The maximum atomic E-state index is 11.1. The molecule has 0 amide bonds. The third kappa shape index (κ3) is 2.38. The number of nitrogens with two attached hydrogens (primary N) is 1. The van der Waals surface area contributed by atoms with E-state index in [0.29, 0.717) is 5.82 Å². The van der Waals surface area contributed by atoms with E-state index in [1.165, 1.54) is 12.1 Å². The summed E-state index contributed by atoms with van der Waals surface area (Å²) >= 11 is 5.88. The first kappa shape index (κ1) is 14.0. The second-order valence-corrected chi connectivity index (χ2v) is 5.59. The summed E-state index contributed by atoms with van der Waals surface area (Å²) in [7, 11) is 0. The van der Waals surface area contributed by atoms with Crippen molar-refractivity contribution >= 4 is 17.3 Å². The van der Waals surface area contributed by atoms with E-state index >= 15 is 0 Å². The summed E-state index contributed by atoms with van der Waals surface area (Å²) in [6.45, 7) is 0. The zero-order valence-corrected chi connectivity index (χ0v) is 11.8. The monoisotopic (exact) mass is 308 g/mol. The number of hydrogen-bond donors (Lipinski definition) is 1. The molecule has 2 N–H and O–H groups in total. The standard InChI is InChI=1S/C13H13ClN4O3/c14-9-5-3-4-8(10(9)18(19)20)11-16-12(17-21-11)13(15)6-1-2-7-13/h3-5H,1-2,6-7,15H2. The van der Waals surface area contributed by atoms with E-state index in [2.05, 4.69) is 10.1 Å². The van der Waals surface area contributed by atoms with E-state index < -0.39 is 10.5 Å². The molecule has 110 valence electrons. The van der Waals surface area contributed by atoms with Gasteiger partial charge in [-0.05, 0) is 25.0 Å². The average Bonchev–Trinajstić information content (AvgIpc) is 3.07. The smallest absolute Gasteiger partial charge is 0.300 e. The highest BCUT2D eigenvalue weighted by Crippen LogP contribution is 2.38. The van der Waals surface area contributed by atoms with Crippen molar-refractivity contribution < 1.29 is 9.45 Å². The minimum Gasteiger partial charge on any atom is -0.334 e. The van der Waals surface area contributed by atoms with Crippen LogP contribution in [0.15, 0.2) is 22.7 Å². The lowest BCUT2D eigenvalue weighted by atomic mass is 9.98. The summed E-state index contributed by atoms with van der Waals surface area (Å²) in [5, 5.41) is 15.1. The number of para-hydroxylation sites is 1. The molecule has 0 bridgehead atoms. The van der Waals surface area contributed by atoms with Gasteiger partial charge in [-0.25, -0.2) is 0 Å². The zero-order valence-electron chi connectivity index (χ0n) is 11.1. The predicted octanol–water partition coefficient (Wildman–Crippen LogP) is 3.03. The first-order valence-electron chi connectivity index (χ1n) is 6.58. The third-order valence-electron chi connectivity index (χ3n) is 3.77. The molecule has 0 unspecified atom stereocenters. The summed E-state index contributed by atoms with van der Waals surface area (Å²) in [5.41, 5.74) is 5.61. The lowest BCUT2D eigenvalue weighted by molar-refractivity contribution is -0.384. The summed E-state index contributed by atoms with van der Waals surface area (Å²) in [5.74, 6) is 0.459. The van der Waals surface area contributed by atoms with Crippen LogP contribution in [0.2, 0.25) is 5.02 Å². The first-order chi connectivity index (χ1) is 10.0. The Labute approximate surface area is 125 Å². The van der Waals surface area contributed by atoms with Gasteiger partial charge in [-0.3, -0.25) is 10.1 Å². The Morgan fingerprint density at radius 2 is 2.10 bits per heavy atom. The van der Waals surface area contributed by atoms with Crippen molar-refractivity contribution in [3.63, 3.8) is 0 Å². The Bertz CT molecular complexity index is 694. The van der Waals surface area contributed by atoms with Crippen molar-refractivity contribution in [2.24, 2.45) is 5.73 Å². The van der Waals surface area contributed by atoms with Crippen LogP contribution < -0.4 is 5.73 Å². The Balaban J connectivity index is 2.05. The molecule has 3 rings (SSSR count). The summed E-state index contributed by atoms with van der Waals surface area (Å²) in [6.07, 6.45) is 3.59. The minimum absolute atomic E-state index is 0.0283. The van der Waals surface area contributed by atoms with Gasteiger partial charge in [0.05, 0.1) is 10.5 Å². The fourth-order valence-corrected chi connectivity index (χ4v) is 2.88. The first-order valence-corrected chi connectivity index (χ1v) is 6.95. The van der Waals surface area contributed by atoms with Crippen LogP contribution in [-0.4, -0.2) is 15.1 Å². The minimum atomic E-state index is -0.602. The van der Waals surface area contributed by atoms with Gasteiger partial charge in [0.25, 0.3) is 5.89 Å². The Kier molecular flexibility index (Phi) is 3.38. The summed E-state index contributed by atoms with van der Waals surface area (Å²) in [4.78, 5) is 14.8. The normalized spacial score (nSPS) is 17.0. The van der Waals surface area contributed by atoms with Gasteiger partial charge < -0.3 is 10.3 Å². The Hall–Kier alpha value is -1.99. The molecule has 0 aliphatic heterocycles. The van der Waals surface area contributed by atoms with Crippen molar-refractivity contribution in [2.45, 2.75) is 31.2 Å². The maximum Gasteiger partial charge on any atom is 0.300 e. The fourth-order valence-electron chi connectivity index (χ4n) is 2.64. The lowest BCUT2D eigenvalue weighted by Crippen LogP contribution is -2.34. The van der Waals surface area contributed by atoms with Gasteiger partial charge in [0.15, 0.2) is 5.82 Å². The van der Waals surface area contributed by atoms with Crippen LogP contribution >= 0.6 is 11.6 Å². The molecular formula is C13H13ClN4O3. The number of nitrogens with zero attached hydrogens (tertiary/aromatic N) is 3. The number of benzene rings is 1. The number of hydrogen-bond acceptors (Lipinski definition) is 6. The van der Waals surface area contributed by atoms with Gasteiger partial charge in [-0.15, -0.1) is 0 Å². The van der Waals surface area contributed by atoms with Gasteiger partial charge in [0.2, 0.25) is 0 Å². The van der Waals surface area contributed by atoms with Crippen LogP contribution in [0, 0.1) is 10.1 Å². The van der Waals surface area contributed by atoms with Crippen LogP contribution in [0.5, 0.6) is 0 Å². The predicted molar refractivity (Wildman–Crippen MR) is 75.7 cm³/mol. The van der Waals surface area contributed by atoms with Gasteiger partial charge in [0, 0.05) is 0 Å². The Morgan fingerprint density at radius 1 is 1.38 bits per heavy atom. The molecule has 8 heteroatoms. The molecule has 1 aromatic carbocycles. The number of halogens is 1. The number of aromatic nitrogens is 2. The van der Waals surface area contributed by atoms with E-state index in [9.17, 15) is 10.1 Å². The number of rotatable bonds is 3. The molecule has 2 aromatic rings. The maximum absolute atomic E-state index is 11.1. The highest BCUT2D eigenvalue weighted by Gasteiger charge is 2.36. The topological polar surface area (TPSA) is 108 Å². The second kappa shape index (κ2) is 5.09. The van der Waals surface area contributed by atoms with Crippen molar-refractivity contribution in [2.75, 3.05) is 0 Å². The molecule has 0 spiro atoms. The van der Waals surface area contributed by atoms with Crippen molar-refractivity contribution in [3.05, 3.63) is 39.2 Å². The van der Waals surface area contributed by atoms with Crippen LogP contribution in [0.3, 0.4) is 0 Å². The number of nitro groups is 1. The van der Waals surface area contributed by atoms with Crippen LogP contribution in [0.1, 0.15) is 31.5 Å². The molecule has 7 nitrogen and oxygen atoms in total. The molecule has 1 heterocycles. The number of nitro benzene ring substituents is 1. The van der Waals surface area contributed by atoms with E-state index in [1.807, 2.05) is 0 Å². The molecule has 1 aliphatic rings. The lowest BCUT2D eigenvalue weighted by Gasteiger charge is -2.17. The van der Waals surface area contributed by atoms with Crippen LogP contribution in [0.25, 0.3) is 11.5 Å². The van der Waals surface area contributed by atoms with E-state index in [4.69, 9.17) is 21.9 Å². The van der Waals surface area contributed by atoms with E-state index in [1.54, 1.807) is 6.07 Å². The quantitative estimate of drug-likeness (QED) is 0.689. The second-order valence-electron chi connectivity index (χ2n) is 5.18. The van der Waals surface area contributed by atoms with Crippen molar-refractivity contribution in [1.82, 2.24) is 10.1 Å². The SMILES string of the molecule is NC1(c2noc(-c3cccc(Cl)c3[N+](=O)[O-])n2)CCCC1. The zero-order chi connectivity index (χ0) is 15.0. The molecule has 21 heavy (non-hydrogen) atoms. The van der Waals surface area contributed by atoms with Gasteiger partial charge in [-0.2, -0.15) is 4.98 Å². The van der Waals surface area contributed by atoms with Crippen LogP contribution in [-0.2, 0) is 5.54 Å². The molecule has 0 radical (unpaired) electrons. The molecule has 0 atom stereocenters. The largest absolute Gasteiger partial charge is 0.334 e. The highest BCUT2D eigenvalue weighted by molar-refractivity contribution is 6.33. The van der Waals surface area contributed by atoms with Crippen LogP contribution in [0.4, 0.5) is 5.69 Å². The van der Waals surface area contributed by atoms with E-state index in [-0.39, 0.29) is 22.2 Å². The summed E-state index contributed by atoms with van der Waals surface area (Å²) in [6, 6.07) is 4.57. The fraction of sp³-hybridized carbons (Fsp3) is 0.385. The Morgan fingerprint density at radius 3 is 2.76 bits per heavy atom. The third-order valence-corrected chi connectivity index (χ3v) is 4.07. The summed E-state index contributed by atoms with van der Waals surface area (Å²) < 4.78 is 5.17. The molecule has 1 aliphatic carbocycles. The van der Waals surface area contributed by atoms with E-state index in [0.717, 1.165) is 25.7 Å². The molecule has 1 aromatic heterocycles. The molecule has 1 fully saturated rings. The molecular weight excluding hydrogens is 296 g/mol. The van der Waals surface area contributed by atoms with Crippen molar-refractivity contribution in [3.8, 4) is 11.5 Å². The highest BCUT2D eigenvalue weighted by atomic mass is 35.5.